The summed E-state index contributed by atoms with van der Waals surface area (Å²) in [6.07, 6.45) is 0.0294. The summed E-state index contributed by atoms with van der Waals surface area (Å²) in [6, 6.07) is 11.1. The van der Waals surface area contributed by atoms with E-state index < -0.39 is 11.2 Å². The second kappa shape index (κ2) is 9.51. The molecule has 1 unspecified atom stereocenters. The van der Waals surface area contributed by atoms with Crippen LogP contribution in [-0.4, -0.2) is 47.3 Å². The molecular weight excluding hydrogens is 449 g/mol. The first-order chi connectivity index (χ1) is 14.3. The molecule has 156 valence electrons. The van der Waals surface area contributed by atoms with Crippen LogP contribution in [0.3, 0.4) is 0 Å². The third kappa shape index (κ3) is 5.33. The largest absolute Gasteiger partial charge is 0.465 e. The number of nitrogens with one attached hydrogen (secondary N) is 1. The Morgan fingerprint density at radius 3 is 2.40 bits per heavy atom. The Balaban J connectivity index is 1.77. The van der Waals surface area contributed by atoms with Gasteiger partial charge >= 0.3 is 5.97 Å². The zero-order chi connectivity index (χ0) is 21.8. The third-order valence-electron chi connectivity index (χ3n) is 4.20. The number of amides is 2. The number of benzene rings is 2. The Kier molecular flexibility index (Phi) is 7.02. The highest BCUT2D eigenvalue weighted by atomic mass is 35.5. The smallest absolute Gasteiger partial charge is 0.337 e. The maximum Gasteiger partial charge on any atom is 0.337 e. The Labute approximate surface area is 187 Å². The molecule has 0 bridgehead atoms. The molecule has 0 radical (unpaired) electrons. The first kappa shape index (κ1) is 22.1. The van der Waals surface area contributed by atoms with E-state index in [1.807, 2.05) is 0 Å². The van der Waals surface area contributed by atoms with E-state index in [1.54, 1.807) is 49.5 Å². The quantitative estimate of drug-likeness (QED) is 0.677. The van der Waals surface area contributed by atoms with Crippen molar-refractivity contribution in [2.45, 2.75) is 11.7 Å². The molecule has 1 atom stereocenters. The highest BCUT2D eigenvalue weighted by Gasteiger charge is 2.34. The number of ether oxygens (including phenoxy) is 1. The van der Waals surface area contributed by atoms with Crippen LogP contribution >= 0.6 is 35.0 Å². The molecule has 1 heterocycles. The van der Waals surface area contributed by atoms with Crippen molar-refractivity contribution in [3.05, 3.63) is 58.1 Å². The van der Waals surface area contributed by atoms with Gasteiger partial charge in [0.05, 0.1) is 18.4 Å². The fraction of sp³-hybridized carbons (Fsp3) is 0.200. The van der Waals surface area contributed by atoms with Crippen LogP contribution in [0.2, 0.25) is 10.0 Å². The van der Waals surface area contributed by atoms with E-state index in [1.165, 1.54) is 23.8 Å². The van der Waals surface area contributed by atoms with Gasteiger partial charge in [0.1, 0.15) is 5.25 Å². The standard InChI is InChI=1S/C20H17Cl2N3O4S/c1-25-17(26)10-16(18(27)23-15-8-12(21)7-13(22)9-15)30-20(25)24-14-5-3-11(4-6-14)19(28)29-2/h3-9,16H,10H2,1-2H3,(H,23,27). The van der Waals surface area contributed by atoms with Crippen LogP contribution in [0.25, 0.3) is 0 Å². The molecular formula is C20H17Cl2N3O4S. The number of nitrogens with zero attached hydrogens (tertiary/aromatic N) is 2. The van der Waals surface area contributed by atoms with Crippen LogP contribution in [0.1, 0.15) is 16.8 Å². The lowest BCUT2D eigenvalue weighted by atomic mass is 10.2. The van der Waals surface area contributed by atoms with E-state index in [-0.39, 0.29) is 18.2 Å². The maximum absolute atomic E-state index is 12.7. The number of carbonyl (C=O) groups is 3. The van der Waals surface area contributed by atoms with Gasteiger partial charge in [0, 0.05) is 29.2 Å². The number of aliphatic imine (C=N–C) groups is 1. The van der Waals surface area contributed by atoms with Gasteiger partial charge in [0.15, 0.2) is 5.17 Å². The lowest BCUT2D eigenvalue weighted by molar-refractivity contribution is -0.128. The number of hydrogen-bond donors (Lipinski definition) is 1. The van der Waals surface area contributed by atoms with Gasteiger partial charge in [0.2, 0.25) is 11.8 Å². The number of anilines is 1. The molecule has 0 saturated carbocycles. The summed E-state index contributed by atoms with van der Waals surface area (Å²) in [5, 5.41) is 3.23. The van der Waals surface area contributed by atoms with Gasteiger partial charge in [-0.25, -0.2) is 9.79 Å². The van der Waals surface area contributed by atoms with Crippen LogP contribution in [0, 0.1) is 0 Å². The molecule has 0 aliphatic carbocycles. The molecule has 2 amide bonds. The van der Waals surface area contributed by atoms with Crippen molar-refractivity contribution in [2.24, 2.45) is 4.99 Å². The van der Waals surface area contributed by atoms with E-state index in [9.17, 15) is 14.4 Å². The molecule has 10 heteroatoms. The summed E-state index contributed by atoms with van der Waals surface area (Å²) in [5.41, 5.74) is 1.37. The number of thioether (sulfide) groups is 1. The number of amidine groups is 1. The second-order valence-electron chi connectivity index (χ2n) is 6.34. The van der Waals surface area contributed by atoms with Crippen LogP contribution in [0.5, 0.6) is 0 Å². The van der Waals surface area contributed by atoms with Crippen molar-refractivity contribution >= 4 is 69.3 Å². The molecule has 1 N–H and O–H groups in total. The summed E-state index contributed by atoms with van der Waals surface area (Å²) in [4.78, 5) is 42.5. The highest BCUT2D eigenvalue weighted by molar-refractivity contribution is 8.15. The van der Waals surface area contributed by atoms with Gasteiger partial charge in [-0.2, -0.15) is 0 Å². The normalized spacial score (nSPS) is 17.7. The van der Waals surface area contributed by atoms with Crippen LogP contribution in [0.4, 0.5) is 11.4 Å². The molecule has 0 spiro atoms. The van der Waals surface area contributed by atoms with Crippen molar-refractivity contribution in [3.8, 4) is 0 Å². The Morgan fingerprint density at radius 1 is 1.17 bits per heavy atom. The predicted octanol–water partition coefficient (Wildman–Crippen LogP) is 4.37. The maximum atomic E-state index is 12.7. The number of halogens is 2. The van der Waals surface area contributed by atoms with Crippen LogP contribution < -0.4 is 5.32 Å². The minimum atomic E-state index is -0.667. The van der Waals surface area contributed by atoms with E-state index in [0.29, 0.717) is 32.2 Å². The summed E-state index contributed by atoms with van der Waals surface area (Å²) < 4.78 is 4.67. The zero-order valence-corrected chi connectivity index (χ0v) is 18.3. The van der Waals surface area contributed by atoms with Gasteiger partial charge in [-0.15, -0.1) is 0 Å². The van der Waals surface area contributed by atoms with Crippen molar-refractivity contribution < 1.29 is 19.1 Å². The lowest BCUT2D eigenvalue weighted by Crippen LogP contribution is -2.43. The molecule has 1 aliphatic rings. The average molecular weight is 466 g/mol. The summed E-state index contributed by atoms with van der Waals surface area (Å²) in [5.74, 6) is -1.04. The third-order valence-corrected chi connectivity index (χ3v) is 5.88. The first-order valence-corrected chi connectivity index (χ1v) is 10.4. The van der Waals surface area contributed by atoms with Crippen molar-refractivity contribution in [3.63, 3.8) is 0 Å². The minimum absolute atomic E-state index is 0.0294. The molecule has 1 saturated heterocycles. The number of rotatable bonds is 4. The first-order valence-electron chi connectivity index (χ1n) is 8.74. The molecule has 7 nitrogen and oxygen atoms in total. The van der Waals surface area contributed by atoms with Crippen LogP contribution in [-0.2, 0) is 14.3 Å². The van der Waals surface area contributed by atoms with Crippen molar-refractivity contribution in [1.29, 1.82) is 0 Å². The van der Waals surface area contributed by atoms with Gasteiger partial charge in [-0.05, 0) is 42.5 Å². The summed E-state index contributed by atoms with van der Waals surface area (Å²) in [7, 11) is 2.90. The van der Waals surface area contributed by atoms with E-state index in [0.717, 1.165) is 0 Å². The average Bonchev–Trinajstić information content (AvgIpc) is 2.70. The number of hydrogen-bond acceptors (Lipinski definition) is 6. The SMILES string of the molecule is COC(=O)c1ccc(N=C2SC(C(=O)Nc3cc(Cl)cc(Cl)c3)CC(=O)N2C)cc1. The van der Waals surface area contributed by atoms with Crippen molar-refractivity contribution in [1.82, 2.24) is 4.90 Å². The number of carbonyl (C=O) groups excluding carboxylic acids is 3. The van der Waals surface area contributed by atoms with Gasteiger partial charge in [-0.3, -0.25) is 14.5 Å². The zero-order valence-electron chi connectivity index (χ0n) is 16.0. The van der Waals surface area contributed by atoms with Crippen LogP contribution in [0.15, 0.2) is 47.5 Å². The number of esters is 1. The summed E-state index contributed by atoms with van der Waals surface area (Å²) >= 11 is 13.1. The molecule has 1 aliphatic heterocycles. The fourth-order valence-electron chi connectivity index (χ4n) is 2.65. The molecule has 2 aromatic carbocycles. The Bertz CT molecular complexity index is 1010. The minimum Gasteiger partial charge on any atom is -0.465 e. The highest BCUT2D eigenvalue weighted by Crippen LogP contribution is 2.30. The molecule has 1 fully saturated rings. The topological polar surface area (TPSA) is 88.1 Å². The second-order valence-corrected chi connectivity index (χ2v) is 8.39. The fourth-order valence-corrected chi connectivity index (χ4v) is 4.24. The lowest BCUT2D eigenvalue weighted by Gasteiger charge is -2.28. The Hall–Kier alpha value is -2.55. The molecule has 3 rings (SSSR count). The van der Waals surface area contributed by atoms with E-state index >= 15 is 0 Å². The number of methoxy groups -OCH3 is 1. The summed E-state index contributed by atoms with van der Waals surface area (Å²) in [6.45, 7) is 0. The van der Waals surface area contributed by atoms with Gasteiger partial charge in [0.25, 0.3) is 0 Å². The Morgan fingerprint density at radius 2 is 1.80 bits per heavy atom. The van der Waals surface area contributed by atoms with E-state index in [4.69, 9.17) is 23.2 Å². The molecule has 2 aromatic rings. The van der Waals surface area contributed by atoms with Gasteiger partial charge < -0.3 is 10.1 Å². The molecule has 0 aromatic heterocycles. The van der Waals surface area contributed by atoms with Crippen molar-refractivity contribution in [2.75, 3.05) is 19.5 Å². The monoisotopic (exact) mass is 465 g/mol. The molecule has 30 heavy (non-hydrogen) atoms. The van der Waals surface area contributed by atoms with E-state index in [2.05, 4.69) is 15.0 Å². The van der Waals surface area contributed by atoms with Gasteiger partial charge in [-0.1, -0.05) is 35.0 Å². The predicted molar refractivity (Wildman–Crippen MR) is 119 cm³/mol.